The first kappa shape index (κ1) is 14.1. The number of thiophene rings is 1. The van der Waals surface area contributed by atoms with Crippen LogP contribution >= 0.6 is 11.3 Å². The number of carbonyl (C=O) groups is 2. The smallest absolute Gasteiger partial charge is 0.270 e. The topological polar surface area (TPSA) is 53.2 Å². The fourth-order valence-electron chi connectivity index (χ4n) is 2.91. The number of aromatic nitrogens is 1. The van der Waals surface area contributed by atoms with E-state index in [-0.39, 0.29) is 11.7 Å². The second-order valence-electron chi connectivity index (χ2n) is 5.55. The number of nitrogens with zero attached hydrogens (tertiary/aromatic N) is 1. The molecule has 0 fully saturated rings. The second-order valence-corrected chi connectivity index (χ2v) is 6.33. The fourth-order valence-corrected chi connectivity index (χ4v) is 3.57. The van der Waals surface area contributed by atoms with E-state index in [1.807, 2.05) is 23.8 Å². The zero-order chi connectivity index (χ0) is 15.0. The molecule has 0 aromatic carbocycles. The SMILES string of the molecule is Cc1c(C(=O)N(C)Cc2ccsc2)[nH]c2c1C(=O)CCC2. The molecule has 4 nitrogen and oxygen atoms in total. The Morgan fingerprint density at radius 3 is 2.90 bits per heavy atom. The molecule has 5 heteroatoms. The summed E-state index contributed by atoms with van der Waals surface area (Å²) in [7, 11) is 1.79. The zero-order valence-electron chi connectivity index (χ0n) is 12.2. The molecule has 0 spiro atoms. The van der Waals surface area contributed by atoms with Crippen LogP contribution in [-0.4, -0.2) is 28.6 Å². The van der Waals surface area contributed by atoms with Gasteiger partial charge in [0.25, 0.3) is 5.91 Å². The molecule has 3 rings (SSSR count). The van der Waals surface area contributed by atoms with Gasteiger partial charge in [-0.05, 0) is 47.7 Å². The van der Waals surface area contributed by atoms with Crippen molar-refractivity contribution < 1.29 is 9.59 Å². The number of aryl methyl sites for hydroxylation is 1. The van der Waals surface area contributed by atoms with Crippen LogP contribution in [0.4, 0.5) is 0 Å². The standard InChI is InChI=1S/C16H18N2O2S/c1-10-14-12(4-3-5-13(14)19)17-15(10)16(20)18(2)8-11-6-7-21-9-11/h6-7,9,17H,3-5,8H2,1-2H3. The number of rotatable bonds is 3. The van der Waals surface area contributed by atoms with E-state index in [0.717, 1.165) is 35.2 Å². The predicted octanol–water partition coefficient (Wildman–Crippen LogP) is 3.18. The number of aromatic amines is 1. The lowest BCUT2D eigenvalue weighted by Gasteiger charge is -2.16. The van der Waals surface area contributed by atoms with Gasteiger partial charge in [-0.2, -0.15) is 11.3 Å². The van der Waals surface area contributed by atoms with Crippen LogP contribution in [0.3, 0.4) is 0 Å². The van der Waals surface area contributed by atoms with Crippen LogP contribution in [-0.2, 0) is 13.0 Å². The maximum atomic E-state index is 12.6. The molecular weight excluding hydrogens is 284 g/mol. The first-order valence-electron chi connectivity index (χ1n) is 7.09. The number of amides is 1. The Hall–Kier alpha value is -1.88. The molecule has 0 atom stereocenters. The highest BCUT2D eigenvalue weighted by atomic mass is 32.1. The Balaban J connectivity index is 1.86. The van der Waals surface area contributed by atoms with Crippen molar-refractivity contribution in [2.75, 3.05) is 7.05 Å². The number of nitrogens with one attached hydrogen (secondary N) is 1. The average molecular weight is 302 g/mol. The van der Waals surface area contributed by atoms with Gasteiger partial charge >= 0.3 is 0 Å². The van der Waals surface area contributed by atoms with Gasteiger partial charge in [-0.1, -0.05) is 0 Å². The van der Waals surface area contributed by atoms with Crippen molar-refractivity contribution in [3.8, 4) is 0 Å². The number of Topliss-reactive ketones (excluding diaryl/α,β-unsaturated/α-hetero) is 1. The van der Waals surface area contributed by atoms with E-state index in [1.165, 1.54) is 0 Å². The molecule has 21 heavy (non-hydrogen) atoms. The summed E-state index contributed by atoms with van der Waals surface area (Å²) in [5.41, 5.74) is 4.16. The Morgan fingerprint density at radius 1 is 1.43 bits per heavy atom. The Morgan fingerprint density at radius 2 is 2.24 bits per heavy atom. The van der Waals surface area contributed by atoms with E-state index in [0.29, 0.717) is 18.7 Å². The summed E-state index contributed by atoms with van der Waals surface area (Å²) in [5, 5.41) is 4.05. The number of ketones is 1. The Labute approximate surface area is 127 Å². The van der Waals surface area contributed by atoms with Crippen LogP contribution in [0.2, 0.25) is 0 Å². The van der Waals surface area contributed by atoms with Crippen LogP contribution in [0.25, 0.3) is 0 Å². The predicted molar refractivity (Wildman–Crippen MR) is 82.9 cm³/mol. The molecule has 2 aromatic rings. The fraction of sp³-hybridized carbons (Fsp3) is 0.375. The monoisotopic (exact) mass is 302 g/mol. The first-order valence-corrected chi connectivity index (χ1v) is 8.03. The van der Waals surface area contributed by atoms with Crippen LogP contribution in [0, 0.1) is 6.92 Å². The van der Waals surface area contributed by atoms with E-state index < -0.39 is 0 Å². The van der Waals surface area contributed by atoms with Gasteiger partial charge in [0.2, 0.25) is 0 Å². The number of carbonyl (C=O) groups excluding carboxylic acids is 2. The van der Waals surface area contributed by atoms with Crippen molar-refractivity contribution in [1.82, 2.24) is 9.88 Å². The van der Waals surface area contributed by atoms with Crippen molar-refractivity contribution in [1.29, 1.82) is 0 Å². The number of H-pyrrole nitrogens is 1. The quantitative estimate of drug-likeness (QED) is 0.946. The molecular formula is C16H18N2O2S. The van der Waals surface area contributed by atoms with Crippen LogP contribution in [0.1, 0.15) is 50.5 Å². The third-order valence-corrected chi connectivity index (χ3v) is 4.73. The van der Waals surface area contributed by atoms with Gasteiger partial charge in [0.15, 0.2) is 5.78 Å². The summed E-state index contributed by atoms with van der Waals surface area (Å²) in [6.07, 6.45) is 2.30. The molecule has 0 saturated heterocycles. The van der Waals surface area contributed by atoms with E-state index in [1.54, 1.807) is 23.3 Å². The molecule has 2 aromatic heterocycles. The van der Waals surface area contributed by atoms with Gasteiger partial charge in [-0.25, -0.2) is 0 Å². The minimum atomic E-state index is -0.0547. The van der Waals surface area contributed by atoms with Crippen molar-refractivity contribution in [3.63, 3.8) is 0 Å². The summed E-state index contributed by atoms with van der Waals surface area (Å²) < 4.78 is 0. The van der Waals surface area contributed by atoms with E-state index >= 15 is 0 Å². The summed E-state index contributed by atoms with van der Waals surface area (Å²) in [6.45, 7) is 2.45. The van der Waals surface area contributed by atoms with Crippen molar-refractivity contribution in [2.24, 2.45) is 0 Å². The lowest BCUT2D eigenvalue weighted by atomic mass is 9.94. The van der Waals surface area contributed by atoms with Gasteiger partial charge in [0, 0.05) is 31.3 Å². The van der Waals surface area contributed by atoms with Crippen molar-refractivity contribution in [2.45, 2.75) is 32.7 Å². The number of hydrogen-bond acceptors (Lipinski definition) is 3. The van der Waals surface area contributed by atoms with Crippen molar-refractivity contribution >= 4 is 23.0 Å². The van der Waals surface area contributed by atoms with Gasteiger partial charge in [-0.3, -0.25) is 9.59 Å². The highest BCUT2D eigenvalue weighted by Gasteiger charge is 2.27. The van der Waals surface area contributed by atoms with Gasteiger partial charge in [-0.15, -0.1) is 0 Å². The lowest BCUT2D eigenvalue weighted by molar-refractivity contribution is 0.0779. The summed E-state index contributed by atoms with van der Waals surface area (Å²) in [4.78, 5) is 29.5. The highest BCUT2D eigenvalue weighted by Crippen LogP contribution is 2.27. The van der Waals surface area contributed by atoms with Crippen LogP contribution < -0.4 is 0 Å². The summed E-state index contributed by atoms with van der Waals surface area (Å²) in [5.74, 6) is 0.102. The van der Waals surface area contributed by atoms with E-state index in [4.69, 9.17) is 0 Å². The highest BCUT2D eigenvalue weighted by molar-refractivity contribution is 7.07. The molecule has 1 amide bonds. The first-order chi connectivity index (χ1) is 10.1. The molecule has 1 N–H and O–H groups in total. The van der Waals surface area contributed by atoms with Gasteiger partial charge < -0.3 is 9.88 Å². The Bertz CT molecular complexity index is 685. The largest absolute Gasteiger partial charge is 0.354 e. The van der Waals surface area contributed by atoms with Gasteiger partial charge in [0.1, 0.15) is 5.69 Å². The van der Waals surface area contributed by atoms with Crippen LogP contribution in [0.15, 0.2) is 16.8 Å². The minimum Gasteiger partial charge on any atom is -0.354 e. The summed E-state index contributed by atoms with van der Waals surface area (Å²) >= 11 is 1.62. The average Bonchev–Trinajstić information content (AvgIpc) is 3.07. The second kappa shape index (κ2) is 5.48. The van der Waals surface area contributed by atoms with Crippen molar-refractivity contribution in [3.05, 3.63) is 44.9 Å². The van der Waals surface area contributed by atoms with Crippen LogP contribution in [0.5, 0.6) is 0 Å². The van der Waals surface area contributed by atoms with E-state index in [9.17, 15) is 9.59 Å². The molecule has 0 unspecified atom stereocenters. The molecule has 0 aliphatic heterocycles. The molecule has 1 aliphatic carbocycles. The molecule has 2 heterocycles. The molecule has 1 aliphatic rings. The minimum absolute atomic E-state index is 0.0547. The van der Waals surface area contributed by atoms with E-state index in [2.05, 4.69) is 4.98 Å². The molecule has 0 bridgehead atoms. The number of hydrogen-bond donors (Lipinski definition) is 1. The summed E-state index contributed by atoms with van der Waals surface area (Å²) in [6, 6.07) is 2.02. The maximum absolute atomic E-state index is 12.6. The molecule has 0 radical (unpaired) electrons. The molecule has 110 valence electrons. The number of fused-ring (bicyclic) bond motifs is 1. The zero-order valence-corrected chi connectivity index (χ0v) is 13.0. The molecule has 0 saturated carbocycles. The normalized spacial score (nSPS) is 14.1. The third-order valence-electron chi connectivity index (χ3n) is 4.00. The maximum Gasteiger partial charge on any atom is 0.270 e. The Kier molecular flexibility index (Phi) is 3.68. The lowest BCUT2D eigenvalue weighted by Crippen LogP contribution is -2.27. The van der Waals surface area contributed by atoms with Gasteiger partial charge in [0.05, 0.1) is 0 Å². The third kappa shape index (κ3) is 2.53.